The molecule has 4 aliphatic rings. The number of fused-ring (bicyclic) bond motifs is 3. The van der Waals surface area contributed by atoms with Crippen LogP contribution in [0.25, 0.3) is 10.9 Å². The molecule has 2 N–H and O–H groups in total. The molecule has 0 radical (unpaired) electrons. The summed E-state index contributed by atoms with van der Waals surface area (Å²) in [5.41, 5.74) is 5.61. The van der Waals surface area contributed by atoms with E-state index in [1.807, 2.05) is 12.3 Å². The summed E-state index contributed by atoms with van der Waals surface area (Å²) in [6.07, 6.45) is 8.49. The molecule has 2 bridgehead atoms. The lowest BCUT2D eigenvalue weighted by Gasteiger charge is -2.49. The minimum atomic E-state index is 0.00950. The van der Waals surface area contributed by atoms with Crippen LogP contribution in [0, 0.1) is 11.8 Å². The SMILES string of the molecule is c1cnc2cc(C3=NN[C@@]4(CC5CCC4CC5)N3)ccc2c1. The highest BCUT2D eigenvalue weighted by Crippen LogP contribution is 2.47. The van der Waals surface area contributed by atoms with Gasteiger partial charge in [-0.25, -0.2) is 0 Å². The van der Waals surface area contributed by atoms with E-state index in [2.05, 4.69) is 45.1 Å². The fraction of sp³-hybridized carbons (Fsp3) is 0.444. The summed E-state index contributed by atoms with van der Waals surface area (Å²) in [5.74, 6) is 2.54. The van der Waals surface area contributed by atoms with Gasteiger partial charge in [0.1, 0.15) is 5.66 Å². The third-order valence-electron chi connectivity index (χ3n) is 5.74. The topological polar surface area (TPSA) is 49.3 Å². The van der Waals surface area contributed by atoms with E-state index < -0.39 is 0 Å². The van der Waals surface area contributed by atoms with Crippen LogP contribution in [0.4, 0.5) is 0 Å². The summed E-state index contributed by atoms with van der Waals surface area (Å²) in [7, 11) is 0. The highest BCUT2D eigenvalue weighted by molar-refractivity contribution is 6.02. The van der Waals surface area contributed by atoms with E-state index in [4.69, 9.17) is 0 Å². The van der Waals surface area contributed by atoms with Crippen LogP contribution in [0.5, 0.6) is 0 Å². The number of nitrogens with one attached hydrogen (secondary N) is 2. The van der Waals surface area contributed by atoms with Crippen LogP contribution in [-0.4, -0.2) is 16.5 Å². The average Bonchev–Trinajstić information content (AvgIpc) is 2.99. The Kier molecular flexibility index (Phi) is 2.52. The Bertz CT molecular complexity index is 761. The van der Waals surface area contributed by atoms with Gasteiger partial charge in [-0.1, -0.05) is 18.2 Å². The molecule has 6 rings (SSSR count). The quantitative estimate of drug-likeness (QED) is 0.849. The van der Waals surface area contributed by atoms with Crippen molar-refractivity contribution in [3.63, 3.8) is 0 Å². The summed E-state index contributed by atoms with van der Waals surface area (Å²) in [5, 5.41) is 9.54. The minimum Gasteiger partial charge on any atom is -0.344 e. The first-order valence-electron chi connectivity index (χ1n) is 8.31. The molecule has 2 aromatic rings. The maximum absolute atomic E-state index is 4.64. The van der Waals surface area contributed by atoms with Crippen LogP contribution in [-0.2, 0) is 0 Å². The van der Waals surface area contributed by atoms with Crippen molar-refractivity contribution in [2.24, 2.45) is 16.9 Å². The van der Waals surface area contributed by atoms with Gasteiger partial charge in [0.15, 0.2) is 5.84 Å². The Morgan fingerprint density at radius 1 is 1.09 bits per heavy atom. The highest BCUT2D eigenvalue weighted by Gasteiger charge is 2.50. The fourth-order valence-electron chi connectivity index (χ4n) is 4.54. The van der Waals surface area contributed by atoms with Gasteiger partial charge in [0.2, 0.25) is 0 Å². The van der Waals surface area contributed by atoms with E-state index in [-0.39, 0.29) is 5.66 Å². The summed E-state index contributed by atoms with van der Waals surface area (Å²) < 4.78 is 0. The van der Waals surface area contributed by atoms with E-state index in [0.717, 1.165) is 22.8 Å². The number of aromatic nitrogens is 1. The second-order valence-electron chi connectivity index (χ2n) is 7.00. The molecular formula is C18H20N4. The molecule has 3 saturated carbocycles. The summed E-state index contributed by atoms with van der Waals surface area (Å²) >= 11 is 0. The predicted octanol–water partition coefficient (Wildman–Crippen LogP) is 3.00. The largest absolute Gasteiger partial charge is 0.344 e. The molecule has 2 heterocycles. The van der Waals surface area contributed by atoms with Crippen LogP contribution in [0.15, 0.2) is 41.6 Å². The highest BCUT2D eigenvalue weighted by atomic mass is 15.5. The van der Waals surface area contributed by atoms with E-state index in [1.165, 1.54) is 37.5 Å². The van der Waals surface area contributed by atoms with Crippen molar-refractivity contribution in [1.82, 2.24) is 15.7 Å². The third kappa shape index (κ3) is 1.76. The van der Waals surface area contributed by atoms with Crippen molar-refractivity contribution in [2.75, 3.05) is 0 Å². The summed E-state index contributed by atoms with van der Waals surface area (Å²) in [6, 6.07) is 10.5. The molecule has 3 aliphatic carbocycles. The molecule has 112 valence electrons. The molecule has 1 aliphatic heterocycles. The van der Waals surface area contributed by atoms with Gasteiger partial charge < -0.3 is 5.32 Å². The van der Waals surface area contributed by atoms with Crippen molar-refractivity contribution in [2.45, 2.75) is 37.8 Å². The van der Waals surface area contributed by atoms with Gasteiger partial charge in [0.05, 0.1) is 5.52 Å². The van der Waals surface area contributed by atoms with Crippen LogP contribution < -0.4 is 10.7 Å². The van der Waals surface area contributed by atoms with Crippen molar-refractivity contribution in [3.05, 3.63) is 42.1 Å². The van der Waals surface area contributed by atoms with Crippen LogP contribution in [0.1, 0.15) is 37.7 Å². The number of hydrogen-bond donors (Lipinski definition) is 2. The molecule has 0 saturated heterocycles. The zero-order chi connectivity index (χ0) is 14.6. The van der Waals surface area contributed by atoms with Crippen molar-refractivity contribution >= 4 is 16.7 Å². The molecule has 0 unspecified atom stereocenters. The van der Waals surface area contributed by atoms with Gasteiger partial charge in [0.25, 0.3) is 0 Å². The van der Waals surface area contributed by atoms with Crippen molar-refractivity contribution in [1.29, 1.82) is 0 Å². The minimum absolute atomic E-state index is 0.00950. The lowest BCUT2D eigenvalue weighted by Crippen LogP contribution is -2.62. The molecule has 1 spiro atoms. The number of pyridine rings is 1. The first-order chi connectivity index (χ1) is 10.8. The lowest BCUT2D eigenvalue weighted by atomic mass is 9.64. The first-order valence-corrected chi connectivity index (χ1v) is 8.31. The van der Waals surface area contributed by atoms with Crippen LogP contribution >= 0.6 is 0 Å². The molecule has 4 heteroatoms. The Morgan fingerprint density at radius 2 is 2.00 bits per heavy atom. The third-order valence-corrected chi connectivity index (χ3v) is 5.74. The molecule has 1 aromatic heterocycles. The van der Waals surface area contributed by atoms with Gasteiger partial charge in [-0.15, -0.1) is 0 Å². The zero-order valence-electron chi connectivity index (χ0n) is 12.5. The van der Waals surface area contributed by atoms with Gasteiger partial charge in [-0.05, 0) is 50.2 Å². The van der Waals surface area contributed by atoms with E-state index in [0.29, 0.717) is 5.92 Å². The number of hydrazone groups is 1. The molecule has 22 heavy (non-hydrogen) atoms. The maximum atomic E-state index is 4.64. The Labute approximate surface area is 130 Å². The molecule has 0 amide bonds. The van der Waals surface area contributed by atoms with E-state index >= 15 is 0 Å². The van der Waals surface area contributed by atoms with E-state index in [9.17, 15) is 0 Å². The van der Waals surface area contributed by atoms with Gasteiger partial charge in [-0.2, -0.15) is 5.10 Å². The standard InChI is InChI=1S/C18H20N4/c1-2-13-5-6-14(10-16(13)19-9-1)17-20-18(22-21-17)11-12-3-7-15(18)8-4-12/h1-2,5-6,9-10,12,15,22H,3-4,7-8,11H2,(H,20,21)/t12?,15?,18-/m1/s1. The van der Waals surface area contributed by atoms with Gasteiger partial charge in [-0.3, -0.25) is 10.4 Å². The lowest BCUT2D eigenvalue weighted by molar-refractivity contribution is 0.0394. The fourth-order valence-corrected chi connectivity index (χ4v) is 4.54. The summed E-state index contributed by atoms with van der Waals surface area (Å²) in [6.45, 7) is 0. The smallest absolute Gasteiger partial charge is 0.155 e. The molecule has 1 atom stereocenters. The zero-order valence-corrected chi connectivity index (χ0v) is 12.5. The normalized spacial score (nSPS) is 32.8. The number of hydrogen-bond acceptors (Lipinski definition) is 4. The second kappa shape index (κ2) is 4.45. The Hall–Kier alpha value is -2.10. The monoisotopic (exact) mass is 292 g/mol. The average molecular weight is 292 g/mol. The van der Waals surface area contributed by atoms with Gasteiger partial charge >= 0.3 is 0 Å². The first kappa shape index (κ1) is 12.4. The van der Waals surface area contributed by atoms with Crippen LogP contribution in [0.3, 0.4) is 0 Å². The van der Waals surface area contributed by atoms with Crippen molar-refractivity contribution < 1.29 is 0 Å². The van der Waals surface area contributed by atoms with Crippen molar-refractivity contribution in [3.8, 4) is 0 Å². The number of benzene rings is 1. The number of amidine groups is 1. The maximum Gasteiger partial charge on any atom is 0.155 e. The van der Waals surface area contributed by atoms with Crippen LogP contribution in [0.2, 0.25) is 0 Å². The predicted molar refractivity (Wildman–Crippen MR) is 87.3 cm³/mol. The molecule has 1 aromatic carbocycles. The number of rotatable bonds is 1. The van der Waals surface area contributed by atoms with E-state index in [1.54, 1.807) is 0 Å². The Morgan fingerprint density at radius 3 is 2.82 bits per heavy atom. The summed E-state index contributed by atoms with van der Waals surface area (Å²) in [4.78, 5) is 4.45. The second-order valence-corrected chi connectivity index (χ2v) is 7.00. The Balaban J connectivity index is 1.46. The molecular weight excluding hydrogens is 272 g/mol. The number of nitrogens with zero attached hydrogens (tertiary/aromatic N) is 2. The molecule has 4 nitrogen and oxygen atoms in total. The molecule has 3 fully saturated rings. The van der Waals surface area contributed by atoms with Gasteiger partial charge in [0, 0.05) is 23.1 Å².